The number of hydrogen-bond donors (Lipinski definition) is 2. The first-order valence-electron chi connectivity index (χ1n) is 4.83. The van der Waals surface area contributed by atoms with E-state index in [2.05, 4.69) is 0 Å². The molecule has 5 atom stereocenters. The Labute approximate surface area is 102 Å². The molecule has 2 N–H and O–H groups in total. The highest BCUT2D eigenvalue weighted by Crippen LogP contribution is 2.48. The number of carboxylic acids is 1. The first-order valence-corrected chi connectivity index (χ1v) is 6.24. The Hall–Kier alpha value is -0.660. The normalized spacial score (nSPS) is 38.9. The highest BCUT2D eigenvalue weighted by atomic mass is 32.2. The molecule has 2 rings (SSSR count). The summed E-state index contributed by atoms with van der Waals surface area (Å²) in [4.78, 5) is 24.1. The number of aliphatic hydroxyl groups is 1. The smallest absolute Gasteiger partial charge is 0.327 e. The van der Waals surface area contributed by atoms with Crippen molar-refractivity contribution in [1.82, 2.24) is 4.90 Å². The van der Waals surface area contributed by atoms with Crippen molar-refractivity contribution < 1.29 is 19.8 Å². The van der Waals surface area contributed by atoms with Gasteiger partial charge in [0, 0.05) is 0 Å². The standard InChI is InChI=1S/C9H11NO4S2/c1-3(11)5-7(12)10-6(9(13)14)4(2-15)16-8(5)10/h2-6,8,11H,1H3,(H,13,14). The van der Waals surface area contributed by atoms with Crippen molar-refractivity contribution >= 4 is 41.2 Å². The van der Waals surface area contributed by atoms with Gasteiger partial charge in [-0.3, -0.25) is 4.79 Å². The van der Waals surface area contributed by atoms with Crippen LogP contribution in [0.4, 0.5) is 0 Å². The average Bonchev–Trinajstić information content (AvgIpc) is 2.51. The lowest BCUT2D eigenvalue weighted by Gasteiger charge is -2.44. The molecule has 0 aliphatic carbocycles. The van der Waals surface area contributed by atoms with Crippen LogP contribution >= 0.6 is 24.0 Å². The molecule has 16 heavy (non-hydrogen) atoms. The first-order chi connectivity index (χ1) is 7.49. The maximum atomic E-state index is 11.7. The number of amides is 1. The van der Waals surface area contributed by atoms with E-state index in [4.69, 9.17) is 17.3 Å². The second kappa shape index (κ2) is 3.97. The highest BCUT2D eigenvalue weighted by molar-refractivity contribution is 8.02. The summed E-state index contributed by atoms with van der Waals surface area (Å²) in [5.41, 5.74) is 0. The fourth-order valence-electron chi connectivity index (χ4n) is 2.16. The zero-order valence-electron chi connectivity index (χ0n) is 8.44. The van der Waals surface area contributed by atoms with E-state index in [9.17, 15) is 14.7 Å². The number of hydrogen-bond acceptors (Lipinski definition) is 5. The van der Waals surface area contributed by atoms with Crippen LogP contribution < -0.4 is 0 Å². The van der Waals surface area contributed by atoms with E-state index in [1.54, 1.807) is 6.92 Å². The quantitative estimate of drug-likeness (QED) is 0.537. The molecule has 1 amide bonds. The predicted octanol–water partition coefficient (Wildman–Crippen LogP) is -0.280. The van der Waals surface area contributed by atoms with Gasteiger partial charge in [0.05, 0.1) is 22.6 Å². The zero-order valence-corrected chi connectivity index (χ0v) is 10.1. The van der Waals surface area contributed by atoms with Gasteiger partial charge in [-0.25, -0.2) is 4.79 Å². The number of aliphatic hydroxyl groups excluding tert-OH is 1. The minimum Gasteiger partial charge on any atom is -0.480 e. The lowest BCUT2D eigenvalue weighted by atomic mass is 9.91. The number of rotatable bonds is 3. The number of carboxylic acid groups (broad SMARTS) is 1. The fourth-order valence-corrected chi connectivity index (χ4v) is 4.16. The Bertz CT molecular complexity index is 359. The van der Waals surface area contributed by atoms with E-state index >= 15 is 0 Å². The Balaban J connectivity index is 2.24. The minimum atomic E-state index is -1.04. The Morgan fingerprint density at radius 2 is 2.31 bits per heavy atom. The minimum absolute atomic E-state index is 0.252. The van der Waals surface area contributed by atoms with Crippen molar-refractivity contribution in [2.75, 3.05) is 0 Å². The summed E-state index contributed by atoms with van der Waals surface area (Å²) in [6.45, 7) is 1.54. The van der Waals surface area contributed by atoms with Gasteiger partial charge in [-0.15, -0.1) is 11.8 Å². The lowest BCUT2D eigenvalue weighted by molar-refractivity contribution is -0.166. The topological polar surface area (TPSA) is 77.8 Å². The van der Waals surface area contributed by atoms with E-state index < -0.39 is 24.0 Å². The van der Waals surface area contributed by atoms with Gasteiger partial charge in [-0.05, 0) is 12.3 Å². The van der Waals surface area contributed by atoms with Crippen molar-refractivity contribution in [3.63, 3.8) is 0 Å². The Morgan fingerprint density at radius 1 is 1.69 bits per heavy atom. The summed E-state index contributed by atoms with van der Waals surface area (Å²) in [6, 6.07) is -0.880. The third-order valence-corrected chi connectivity index (χ3v) is 4.91. The number of β-lactam (4-membered cyclic amide) rings is 1. The van der Waals surface area contributed by atoms with Gasteiger partial charge in [0.15, 0.2) is 0 Å². The van der Waals surface area contributed by atoms with E-state index in [0.29, 0.717) is 0 Å². The first kappa shape index (κ1) is 11.8. The number of thioether (sulfide) groups is 1. The molecule has 0 bridgehead atoms. The predicted molar refractivity (Wildman–Crippen MR) is 62.3 cm³/mol. The molecule has 5 unspecified atom stereocenters. The van der Waals surface area contributed by atoms with Gasteiger partial charge in [0.25, 0.3) is 0 Å². The summed E-state index contributed by atoms with van der Waals surface area (Å²) in [5.74, 6) is -1.83. The zero-order chi connectivity index (χ0) is 12.0. The monoisotopic (exact) mass is 261 g/mol. The van der Waals surface area contributed by atoms with Crippen LogP contribution in [0.5, 0.6) is 0 Å². The number of nitrogens with zero attached hydrogens (tertiary/aromatic N) is 1. The molecular formula is C9H11NO4S2. The van der Waals surface area contributed by atoms with E-state index in [0.717, 1.165) is 0 Å². The maximum Gasteiger partial charge on any atom is 0.327 e. The van der Waals surface area contributed by atoms with Crippen LogP contribution in [0.1, 0.15) is 6.92 Å². The molecule has 2 aliphatic heterocycles. The largest absolute Gasteiger partial charge is 0.480 e. The molecule has 88 valence electrons. The van der Waals surface area contributed by atoms with Crippen molar-refractivity contribution in [1.29, 1.82) is 0 Å². The summed E-state index contributed by atoms with van der Waals surface area (Å²) < 4.78 is 0. The van der Waals surface area contributed by atoms with E-state index in [1.165, 1.54) is 22.0 Å². The molecule has 2 fully saturated rings. The summed E-state index contributed by atoms with van der Waals surface area (Å²) in [5, 5.41) is 19.2. The molecule has 2 heterocycles. The molecule has 7 heteroatoms. The van der Waals surface area contributed by atoms with E-state index in [-0.39, 0.29) is 16.5 Å². The highest BCUT2D eigenvalue weighted by Gasteiger charge is 2.61. The second-order valence-corrected chi connectivity index (χ2v) is 5.49. The molecule has 5 nitrogen and oxygen atoms in total. The third-order valence-electron chi connectivity index (χ3n) is 2.94. The van der Waals surface area contributed by atoms with Crippen LogP contribution in [0.15, 0.2) is 0 Å². The summed E-state index contributed by atoms with van der Waals surface area (Å²) in [6.07, 6.45) is -0.750. The molecule has 0 spiro atoms. The number of fused-ring (bicyclic) bond motifs is 1. The molecule has 0 radical (unpaired) electrons. The SMILES string of the molecule is CC(O)C1C(=O)N2C1SC(C=S)C2C(=O)O. The molecule has 0 aromatic rings. The van der Waals surface area contributed by atoms with Crippen molar-refractivity contribution in [2.45, 2.75) is 29.7 Å². The van der Waals surface area contributed by atoms with Gasteiger partial charge in [0.1, 0.15) is 6.04 Å². The van der Waals surface area contributed by atoms with Gasteiger partial charge >= 0.3 is 5.97 Å². The lowest BCUT2D eigenvalue weighted by Crippen LogP contribution is -2.64. The third kappa shape index (κ3) is 1.46. The van der Waals surface area contributed by atoms with Crippen molar-refractivity contribution in [2.24, 2.45) is 5.92 Å². The second-order valence-electron chi connectivity index (χ2n) is 3.92. The van der Waals surface area contributed by atoms with Crippen molar-refractivity contribution in [3.8, 4) is 0 Å². The van der Waals surface area contributed by atoms with Gasteiger partial charge < -0.3 is 15.1 Å². The number of thiocarbonyl (C=S) groups is 1. The maximum absolute atomic E-state index is 11.7. The van der Waals surface area contributed by atoms with Crippen LogP contribution in [0, 0.1) is 5.92 Å². The number of carbonyl (C=O) groups is 2. The number of aliphatic carboxylic acids is 1. The molecule has 2 aliphatic rings. The Morgan fingerprint density at radius 3 is 2.75 bits per heavy atom. The van der Waals surface area contributed by atoms with Crippen LogP contribution in [-0.4, -0.2) is 55.1 Å². The van der Waals surface area contributed by atoms with Gasteiger partial charge in [0.2, 0.25) is 5.91 Å². The molecular weight excluding hydrogens is 250 g/mol. The molecule has 0 saturated carbocycles. The fraction of sp³-hybridized carbons (Fsp3) is 0.667. The van der Waals surface area contributed by atoms with Crippen LogP contribution in [0.3, 0.4) is 0 Å². The van der Waals surface area contributed by atoms with E-state index in [1.807, 2.05) is 0 Å². The molecule has 0 aromatic carbocycles. The number of carbonyl (C=O) groups excluding carboxylic acids is 1. The van der Waals surface area contributed by atoms with Gasteiger partial charge in [-0.2, -0.15) is 0 Å². The van der Waals surface area contributed by atoms with Crippen LogP contribution in [0.25, 0.3) is 0 Å². The average molecular weight is 261 g/mol. The molecule has 0 aromatic heterocycles. The Kier molecular flexibility index (Phi) is 2.93. The van der Waals surface area contributed by atoms with Crippen LogP contribution in [-0.2, 0) is 9.59 Å². The summed E-state index contributed by atoms with van der Waals surface area (Å²) in [7, 11) is 0. The van der Waals surface area contributed by atoms with Gasteiger partial charge in [-0.1, -0.05) is 12.2 Å². The molecule has 2 saturated heterocycles. The van der Waals surface area contributed by atoms with Crippen LogP contribution in [0.2, 0.25) is 0 Å². The summed E-state index contributed by atoms with van der Waals surface area (Å²) >= 11 is 6.12. The van der Waals surface area contributed by atoms with Crippen molar-refractivity contribution in [3.05, 3.63) is 0 Å².